The fourth-order valence-corrected chi connectivity index (χ4v) is 3.27. The van der Waals surface area contributed by atoms with Crippen LogP contribution >= 0.6 is 23.1 Å². The van der Waals surface area contributed by atoms with Crippen molar-refractivity contribution in [3.05, 3.63) is 20.8 Å². The van der Waals surface area contributed by atoms with Crippen molar-refractivity contribution in [3.63, 3.8) is 0 Å². The van der Waals surface area contributed by atoms with Crippen molar-refractivity contribution in [2.45, 2.75) is 19.0 Å². The summed E-state index contributed by atoms with van der Waals surface area (Å²) in [6, 6.07) is 0. The second-order valence-corrected chi connectivity index (χ2v) is 5.87. The summed E-state index contributed by atoms with van der Waals surface area (Å²) >= 11 is 2.65. The first-order valence-corrected chi connectivity index (χ1v) is 7.02. The zero-order valence-corrected chi connectivity index (χ0v) is 11.8. The van der Waals surface area contributed by atoms with Crippen LogP contribution in [0.15, 0.2) is 9.95 Å². The molecule has 96 valence electrons. The molecule has 0 spiro atoms. The summed E-state index contributed by atoms with van der Waals surface area (Å²) in [5.74, 6) is -0.213. The minimum atomic E-state index is -0.346. The highest BCUT2D eigenvalue weighted by molar-refractivity contribution is 7.99. The van der Waals surface area contributed by atoms with E-state index in [0.717, 1.165) is 22.2 Å². The van der Waals surface area contributed by atoms with Crippen LogP contribution in [-0.2, 0) is 9.53 Å². The molecule has 0 aromatic carbocycles. The van der Waals surface area contributed by atoms with E-state index in [2.05, 4.69) is 14.7 Å². The summed E-state index contributed by atoms with van der Waals surface area (Å²) in [5, 5.41) is 1.08. The van der Waals surface area contributed by atoms with Crippen molar-refractivity contribution in [2.75, 3.05) is 12.9 Å². The van der Waals surface area contributed by atoms with Gasteiger partial charge in [0.25, 0.3) is 5.56 Å². The molecular formula is C11H12N2O3S2. The molecule has 18 heavy (non-hydrogen) atoms. The van der Waals surface area contributed by atoms with Crippen molar-refractivity contribution in [2.24, 2.45) is 0 Å². The summed E-state index contributed by atoms with van der Waals surface area (Å²) in [5.41, 5.74) is 0.808. The van der Waals surface area contributed by atoms with E-state index in [1.165, 1.54) is 18.4 Å². The SMILES string of the molecule is COC(=O)CSc1nc2sc(C)c(C)c2c(=O)[nH]1. The van der Waals surface area contributed by atoms with Gasteiger partial charge in [0, 0.05) is 4.88 Å². The molecule has 5 nitrogen and oxygen atoms in total. The molecule has 0 saturated heterocycles. The van der Waals surface area contributed by atoms with Gasteiger partial charge < -0.3 is 9.72 Å². The van der Waals surface area contributed by atoms with E-state index in [4.69, 9.17) is 0 Å². The fourth-order valence-electron chi connectivity index (χ4n) is 1.49. The van der Waals surface area contributed by atoms with Gasteiger partial charge in [0.2, 0.25) is 0 Å². The van der Waals surface area contributed by atoms with Gasteiger partial charge in [-0.1, -0.05) is 11.8 Å². The van der Waals surface area contributed by atoms with Crippen LogP contribution in [0.3, 0.4) is 0 Å². The number of methoxy groups -OCH3 is 1. The van der Waals surface area contributed by atoms with E-state index >= 15 is 0 Å². The number of aromatic nitrogens is 2. The Morgan fingerprint density at radius 2 is 2.22 bits per heavy atom. The van der Waals surface area contributed by atoms with Crippen molar-refractivity contribution in [1.82, 2.24) is 9.97 Å². The first kappa shape index (κ1) is 13.1. The molecule has 0 aliphatic rings. The fraction of sp³-hybridized carbons (Fsp3) is 0.364. The van der Waals surface area contributed by atoms with Crippen LogP contribution in [0.25, 0.3) is 10.2 Å². The number of ether oxygens (including phenoxy) is 1. The largest absolute Gasteiger partial charge is 0.468 e. The number of aryl methyl sites for hydroxylation is 2. The third kappa shape index (κ3) is 2.41. The zero-order chi connectivity index (χ0) is 13.3. The smallest absolute Gasteiger partial charge is 0.316 e. The zero-order valence-electron chi connectivity index (χ0n) is 10.2. The maximum absolute atomic E-state index is 11.9. The first-order valence-electron chi connectivity index (χ1n) is 5.22. The van der Waals surface area contributed by atoms with E-state index in [1.807, 2.05) is 13.8 Å². The normalized spacial score (nSPS) is 10.8. The van der Waals surface area contributed by atoms with Gasteiger partial charge >= 0.3 is 5.97 Å². The highest BCUT2D eigenvalue weighted by atomic mass is 32.2. The van der Waals surface area contributed by atoms with Crippen LogP contribution in [0, 0.1) is 13.8 Å². The maximum Gasteiger partial charge on any atom is 0.316 e. The van der Waals surface area contributed by atoms with Crippen LogP contribution in [0.1, 0.15) is 10.4 Å². The predicted molar refractivity (Wildman–Crippen MR) is 72.5 cm³/mol. The number of thioether (sulfide) groups is 1. The minimum Gasteiger partial charge on any atom is -0.468 e. The van der Waals surface area contributed by atoms with E-state index in [1.54, 1.807) is 0 Å². The number of carbonyl (C=O) groups excluding carboxylic acids is 1. The second-order valence-electron chi connectivity index (χ2n) is 3.70. The molecule has 2 rings (SSSR count). The van der Waals surface area contributed by atoms with E-state index in [-0.39, 0.29) is 17.3 Å². The summed E-state index contributed by atoms with van der Waals surface area (Å²) < 4.78 is 4.54. The van der Waals surface area contributed by atoms with Gasteiger partial charge in [-0.05, 0) is 19.4 Å². The summed E-state index contributed by atoms with van der Waals surface area (Å²) in [4.78, 5) is 31.8. The third-order valence-electron chi connectivity index (χ3n) is 2.57. The molecule has 0 unspecified atom stereocenters. The Hall–Kier alpha value is -1.34. The second kappa shape index (κ2) is 5.11. The lowest BCUT2D eigenvalue weighted by atomic mass is 10.2. The number of carbonyl (C=O) groups is 1. The van der Waals surface area contributed by atoms with Crippen LogP contribution in [0.2, 0.25) is 0 Å². The van der Waals surface area contributed by atoms with E-state index in [0.29, 0.717) is 15.4 Å². The van der Waals surface area contributed by atoms with Crippen molar-refractivity contribution < 1.29 is 9.53 Å². The average Bonchev–Trinajstić information content (AvgIpc) is 2.62. The number of hydrogen-bond acceptors (Lipinski definition) is 6. The number of aromatic amines is 1. The van der Waals surface area contributed by atoms with Crippen LogP contribution in [-0.4, -0.2) is 28.8 Å². The van der Waals surface area contributed by atoms with Gasteiger partial charge in [-0.3, -0.25) is 9.59 Å². The number of nitrogens with one attached hydrogen (secondary N) is 1. The molecule has 0 atom stereocenters. The Kier molecular flexibility index (Phi) is 3.72. The number of hydrogen-bond donors (Lipinski definition) is 1. The Bertz CT molecular complexity index is 660. The van der Waals surface area contributed by atoms with Gasteiger partial charge in [-0.15, -0.1) is 11.3 Å². The number of H-pyrrole nitrogens is 1. The highest BCUT2D eigenvalue weighted by Gasteiger charge is 2.12. The number of nitrogens with zero attached hydrogens (tertiary/aromatic N) is 1. The summed E-state index contributed by atoms with van der Waals surface area (Å²) in [6.07, 6.45) is 0. The Morgan fingerprint density at radius 1 is 1.50 bits per heavy atom. The van der Waals surface area contributed by atoms with E-state index < -0.39 is 0 Å². The molecular weight excluding hydrogens is 272 g/mol. The van der Waals surface area contributed by atoms with Crippen LogP contribution < -0.4 is 5.56 Å². The topological polar surface area (TPSA) is 72.0 Å². The van der Waals surface area contributed by atoms with Gasteiger partial charge in [0.05, 0.1) is 18.2 Å². The molecule has 0 aliphatic carbocycles. The Morgan fingerprint density at radius 3 is 2.89 bits per heavy atom. The molecule has 7 heteroatoms. The lowest BCUT2D eigenvalue weighted by Gasteiger charge is -1.99. The molecule has 2 aromatic heterocycles. The lowest BCUT2D eigenvalue weighted by molar-refractivity contribution is -0.137. The average molecular weight is 284 g/mol. The standard InChI is InChI=1S/C11H12N2O3S2/c1-5-6(2)18-10-8(5)9(15)12-11(13-10)17-4-7(14)16-3/h4H2,1-3H3,(H,12,13,15). The quantitative estimate of drug-likeness (QED) is 0.529. The Balaban J connectivity index is 2.38. The van der Waals surface area contributed by atoms with Gasteiger partial charge in [0.15, 0.2) is 5.16 Å². The van der Waals surface area contributed by atoms with Crippen molar-refractivity contribution in [3.8, 4) is 0 Å². The summed E-state index contributed by atoms with van der Waals surface area (Å²) in [7, 11) is 1.33. The molecule has 0 saturated carbocycles. The van der Waals surface area contributed by atoms with E-state index in [9.17, 15) is 9.59 Å². The number of esters is 1. The minimum absolute atomic E-state index is 0.133. The maximum atomic E-state index is 11.9. The molecule has 0 aliphatic heterocycles. The number of thiophene rings is 1. The number of fused-ring (bicyclic) bond motifs is 1. The molecule has 2 heterocycles. The van der Waals surface area contributed by atoms with Crippen molar-refractivity contribution in [1.29, 1.82) is 0 Å². The molecule has 2 aromatic rings. The lowest BCUT2D eigenvalue weighted by Crippen LogP contribution is -2.10. The van der Waals surface area contributed by atoms with Gasteiger partial charge in [0.1, 0.15) is 4.83 Å². The monoisotopic (exact) mass is 284 g/mol. The number of rotatable bonds is 3. The molecule has 0 amide bonds. The first-order chi connectivity index (χ1) is 8.52. The third-order valence-corrected chi connectivity index (χ3v) is 4.52. The molecule has 0 bridgehead atoms. The summed E-state index contributed by atoms with van der Waals surface area (Å²) in [6.45, 7) is 3.87. The van der Waals surface area contributed by atoms with Crippen LogP contribution in [0.5, 0.6) is 0 Å². The van der Waals surface area contributed by atoms with Gasteiger partial charge in [-0.25, -0.2) is 4.98 Å². The predicted octanol–water partition coefficient (Wildman–Crippen LogP) is 1.87. The Labute approximate surface area is 112 Å². The van der Waals surface area contributed by atoms with Crippen LogP contribution in [0.4, 0.5) is 0 Å². The van der Waals surface area contributed by atoms with Crippen molar-refractivity contribution >= 4 is 39.3 Å². The van der Waals surface area contributed by atoms with Gasteiger partial charge in [-0.2, -0.15) is 0 Å². The molecule has 0 fully saturated rings. The highest BCUT2D eigenvalue weighted by Crippen LogP contribution is 2.27. The molecule has 1 N–H and O–H groups in total. The molecule has 0 radical (unpaired) electrons.